The number of nitrogens with zero attached hydrogens (tertiary/aromatic N) is 2. The van der Waals surface area contributed by atoms with Crippen molar-refractivity contribution in [1.82, 2.24) is 14.3 Å². The number of amides is 1. The van der Waals surface area contributed by atoms with E-state index in [1.165, 1.54) is 17.2 Å². The van der Waals surface area contributed by atoms with Crippen molar-refractivity contribution >= 4 is 32.5 Å². The van der Waals surface area contributed by atoms with E-state index in [4.69, 9.17) is 4.98 Å². The molecule has 6 nitrogen and oxygen atoms in total. The van der Waals surface area contributed by atoms with Crippen LogP contribution >= 0.6 is 0 Å². The van der Waals surface area contributed by atoms with Crippen molar-refractivity contribution < 1.29 is 13.2 Å². The Hall–Kier alpha value is -4.49. The van der Waals surface area contributed by atoms with E-state index in [9.17, 15) is 13.2 Å². The van der Waals surface area contributed by atoms with Gasteiger partial charge in [0, 0.05) is 12.6 Å². The molecular weight excluding hydrogens is 530 g/mol. The molecule has 0 bridgehead atoms. The molecule has 0 radical (unpaired) electrons. The van der Waals surface area contributed by atoms with E-state index in [0.29, 0.717) is 6.54 Å². The third-order valence-corrected chi connectivity index (χ3v) is 8.25. The molecule has 5 aromatic rings. The van der Waals surface area contributed by atoms with E-state index < -0.39 is 15.9 Å². The third-order valence-electron chi connectivity index (χ3n) is 7.68. The molecule has 1 aliphatic carbocycles. The Balaban J connectivity index is 1.41. The van der Waals surface area contributed by atoms with Gasteiger partial charge in [0.15, 0.2) is 0 Å². The Morgan fingerprint density at radius 1 is 0.878 bits per heavy atom. The van der Waals surface area contributed by atoms with Crippen molar-refractivity contribution in [3.05, 3.63) is 130 Å². The maximum absolute atomic E-state index is 12.7. The molecule has 0 saturated carbocycles. The highest BCUT2D eigenvalue weighted by atomic mass is 32.2. The van der Waals surface area contributed by atoms with Gasteiger partial charge in [0.1, 0.15) is 5.82 Å². The number of benzene rings is 4. The molecule has 0 unspecified atom stereocenters. The number of hydrogen-bond donors (Lipinski definition) is 1. The van der Waals surface area contributed by atoms with E-state index in [2.05, 4.69) is 76.9 Å². The van der Waals surface area contributed by atoms with Gasteiger partial charge in [0.2, 0.25) is 10.0 Å². The molecule has 1 aliphatic rings. The molecule has 0 fully saturated rings. The average Bonchev–Trinajstić information content (AvgIpc) is 3.17. The van der Waals surface area contributed by atoms with Gasteiger partial charge >= 0.3 is 0 Å². The van der Waals surface area contributed by atoms with Crippen LogP contribution < -0.4 is 4.72 Å². The second-order valence-electron chi connectivity index (χ2n) is 10.7. The molecule has 1 aromatic heterocycles. The number of imidazole rings is 1. The van der Waals surface area contributed by atoms with Crippen LogP contribution in [0.1, 0.15) is 39.2 Å². The number of aryl methyl sites for hydroxylation is 4. The summed E-state index contributed by atoms with van der Waals surface area (Å²) < 4.78 is 27.8. The predicted molar refractivity (Wildman–Crippen MR) is 164 cm³/mol. The van der Waals surface area contributed by atoms with Crippen LogP contribution in [0, 0.1) is 13.8 Å². The van der Waals surface area contributed by atoms with Crippen LogP contribution in [0.3, 0.4) is 0 Å². The minimum absolute atomic E-state index is 0.653. The summed E-state index contributed by atoms with van der Waals surface area (Å²) in [5, 5.41) is 0. The largest absolute Gasteiger partial charge is 0.324 e. The van der Waals surface area contributed by atoms with Crippen molar-refractivity contribution in [3.8, 4) is 11.1 Å². The smallest absolute Gasteiger partial charge is 0.258 e. The first-order valence-corrected chi connectivity index (χ1v) is 15.5. The Morgan fingerprint density at radius 3 is 2.37 bits per heavy atom. The summed E-state index contributed by atoms with van der Waals surface area (Å²) in [5.41, 5.74) is 11.6. The number of sulfonamides is 1. The van der Waals surface area contributed by atoms with Crippen molar-refractivity contribution in [2.45, 2.75) is 33.2 Å². The van der Waals surface area contributed by atoms with Crippen LogP contribution in [-0.4, -0.2) is 30.1 Å². The molecule has 1 heterocycles. The van der Waals surface area contributed by atoms with Crippen molar-refractivity contribution in [3.63, 3.8) is 0 Å². The highest BCUT2D eigenvalue weighted by Gasteiger charge is 2.21. The lowest BCUT2D eigenvalue weighted by Crippen LogP contribution is -2.27. The van der Waals surface area contributed by atoms with E-state index in [1.54, 1.807) is 0 Å². The standard InChI is InChI=1S/C34H31N3O3S/c1-22-17-28(25-9-5-4-6-10-25)19-32-34(22)35-23(2)37(32)21-24-13-16-30-27(18-24)15-14-26-11-7-8-12-29(26)31(30)20-33(38)36-41(3,39)40/h4-13,16-20H,14-15,21H2,1-3H3,(H,36,38). The maximum Gasteiger partial charge on any atom is 0.258 e. The van der Waals surface area contributed by atoms with Gasteiger partial charge in [-0.2, -0.15) is 0 Å². The van der Waals surface area contributed by atoms with Crippen LogP contribution in [0.25, 0.3) is 27.7 Å². The zero-order valence-corrected chi connectivity index (χ0v) is 24.1. The average molecular weight is 562 g/mol. The number of hydrogen-bond acceptors (Lipinski definition) is 4. The fourth-order valence-corrected chi connectivity index (χ4v) is 6.24. The lowest BCUT2D eigenvalue weighted by molar-refractivity contribution is -0.114. The number of aromatic nitrogens is 2. The number of nitrogens with one attached hydrogen (secondary N) is 1. The lowest BCUT2D eigenvalue weighted by atomic mass is 9.92. The van der Waals surface area contributed by atoms with Gasteiger partial charge in [-0.05, 0) is 88.9 Å². The maximum atomic E-state index is 12.7. The molecule has 0 spiro atoms. The molecule has 6 rings (SSSR count). The molecule has 41 heavy (non-hydrogen) atoms. The van der Waals surface area contributed by atoms with Gasteiger partial charge in [-0.1, -0.05) is 72.8 Å². The van der Waals surface area contributed by atoms with Gasteiger partial charge in [-0.25, -0.2) is 18.1 Å². The Bertz CT molecular complexity index is 1950. The molecule has 0 saturated heterocycles. The summed E-state index contributed by atoms with van der Waals surface area (Å²) in [5.74, 6) is 0.299. The summed E-state index contributed by atoms with van der Waals surface area (Å²) in [7, 11) is -3.67. The van der Waals surface area contributed by atoms with Gasteiger partial charge < -0.3 is 4.57 Å². The van der Waals surface area contributed by atoms with Gasteiger partial charge in [0.05, 0.1) is 17.3 Å². The minimum atomic E-state index is -3.67. The summed E-state index contributed by atoms with van der Waals surface area (Å²) in [4.78, 5) is 17.6. The normalized spacial score (nSPS) is 14.0. The summed E-state index contributed by atoms with van der Waals surface area (Å²) in [6.07, 6.45) is 4.03. The zero-order valence-electron chi connectivity index (χ0n) is 23.3. The summed E-state index contributed by atoms with van der Waals surface area (Å²) in [6.45, 7) is 4.82. The lowest BCUT2D eigenvalue weighted by Gasteiger charge is -2.14. The first-order chi connectivity index (χ1) is 19.7. The quantitative estimate of drug-likeness (QED) is 0.268. The van der Waals surface area contributed by atoms with Crippen molar-refractivity contribution in [2.75, 3.05) is 6.26 Å². The second-order valence-corrected chi connectivity index (χ2v) is 12.5. The molecule has 0 aliphatic heterocycles. The summed E-state index contributed by atoms with van der Waals surface area (Å²) in [6, 6.07) is 29.2. The number of carbonyl (C=O) groups excluding carboxylic acids is 1. The number of carbonyl (C=O) groups is 1. The van der Waals surface area contributed by atoms with Crippen LogP contribution in [0.4, 0.5) is 0 Å². The minimum Gasteiger partial charge on any atom is -0.324 e. The van der Waals surface area contributed by atoms with Crippen LogP contribution in [0.15, 0.2) is 91.0 Å². The second kappa shape index (κ2) is 10.5. The van der Waals surface area contributed by atoms with Gasteiger partial charge in [-0.15, -0.1) is 0 Å². The molecule has 0 atom stereocenters. The van der Waals surface area contributed by atoms with E-state index in [1.807, 2.05) is 31.2 Å². The van der Waals surface area contributed by atoms with Crippen LogP contribution in [0.2, 0.25) is 0 Å². The summed E-state index contributed by atoms with van der Waals surface area (Å²) >= 11 is 0. The highest BCUT2D eigenvalue weighted by molar-refractivity contribution is 7.89. The Kier molecular flexibility index (Phi) is 6.83. The fourth-order valence-electron chi connectivity index (χ4n) is 5.82. The topological polar surface area (TPSA) is 81.1 Å². The third kappa shape index (κ3) is 5.45. The van der Waals surface area contributed by atoms with Gasteiger partial charge in [-0.3, -0.25) is 4.79 Å². The van der Waals surface area contributed by atoms with E-state index >= 15 is 0 Å². The monoisotopic (exact) mass is 561 g/mol. The number of fused-ring (bicyclic) bond motifs is 3. The molecule has 1 N–H and O–H groups in total. The van der Waals surface area contributed by atoms with E-state index in [0.717, 1.165) is 74.9 Å². The van der Waals surface area contributed by atoms with Crippen LogP contribution in [0.5, 0.6) is 0 Å². The first kappa shape index (κ1) is 26.7. The molecule has 206 valence electrons. The molecule has 7 heteroatoms. The van der Waals surface area contributed by atoms with E-state index in [-0.39, 0.29) is 0 Å². The van der Waals surface area contributed by atoms with Gasteiger partial charge in [0.25, 0.3) is 5.91 Å². The molecule has 4 aromatic carbocycles. The Morgan fingerprint density at radius 2 is 1.59 bits per heavy atom. The molecular formula is C34H31N3O3S. The predicted octanol–water partition coefficient (Wildman–Crippen LogP) is 5.97. The van der Waals surface area contributed by atoms with Crippen molar-refractivity contribution in [1.29, 1.82) is 0 Å². The zero-order chi connectivity index (χ0) is 28.7. The van der Waals surface area contributed by atoms with Crippen molar-refractivity contribution in [2.24, 2.45) is 0 Å². The van der Waals surface area contributed by atoms with Crippen LogP contribution in [-0.2, 0) is 34.2 Å². The SMILES string of the molecule is Cc1cc(-c2ccccc2)cc2c1nc(C)n2Cc1ccc2c(c1)CCc1ccccc1C2=CC(=O)NS(C)(=O)=O. The Labute approximate surface area is 240 Å². The molecule has 1 amide bonds. The fraction of sp³-hybridized carbons (Fsp3) is 0.176. The first-order valence-electron chi connectivity index (χ1n) is 13.6. The highest BCUT2D eigenvalue weighted by Crippen LogP contribution is 2.35. The number of rotatable bonds is 5.